The van der Waals surface area contributed by atoms with Gasteiger partial charge in [0.2, 0.25) is 5.95 Å². The molecule has 0 radical (unpaired) electrons. The van der Waals surface area contributed by atoms with E-state index in [1.54, 1.807) is 12.3 Å². The van der Waals surface area contributed by atoms with E-state index >= 15 is 0 Å². The Morgan fingerprint density at radius 1 is 1.38 bits per heavy atom. The van der Waals surface area contributed by atoms with Crippen molar-refractivity contribution in [1.82, 2.24) is 19.9 Å². The van der Waals surface area contributed by atoms with E-state index in [1.165, 1.54) is 6.42 Å². The Balaban J connectivity index is 1.72. The fraction of sp³-hybridized carbons (Fsp3) is 0.444. The van der Waals surface area contributed by atoms with Crippen LogP contribution in [0.3, 0.4) is 0 Å². The summed E-state index contributed by atoms with van der Waals surface area (Å²) in [5.41, 5.74) is 2.14. The van der Waals surface area contributed by atoms with Crippen molar-refractivity contribution < 1.29 is 4.79 Å². The highest BCUT2D eigenvalue weighted by Crippen LogP contribution is 2.18. The lowest BCUT2D eigenvalue weighted by Crippen LogP contribution is -2.39. The van der Waals surface area contributed by atoms with Crippen LogP contribution in [0.15, 0.2) is 30.5 Å². The maximum Gasteiger partial charge on any atom is 0.272 e. The lowest BCUT2D eigenvalue weighted by atomic mass is 10.00. The Hall–Kier alpha value is -2.50. The first kappa shape index (κ1) is 16.4. The van der Waals surface area contributed by atoms with E-state index in [0.717, 1.165) is 30.9 Å². The summed E-state index contributed by atoms with van der Waals surface area (Å²) in [5, 5.41) is 3.15. The number of nitrogens with zero attached hydrogens (tertiary/aromatic N) is 4. The first-order valence-corrected chi connectivity index (χ1v) is 8.40. The molecular weight excluding hydrogens is 302 g/mol. The van der Waals surface area contributed by atoms with Gasteiger partial charge in [-0.1, -0.05) is 13.0 Å². The van der Waals surface area contributed by atoms with Crippen LogP contribution in [0.25, 0.3) is 0 Å². The normalized spacial score (nSPS) is 17.6. The Bertz CT molecular complexity index is 704. The maximum absolute atomic E-state index is 12.7. The first-order valence-electron chi connectivity index (χ1n) is 8.40. The number of pyridine rings is 1. The van der Waals surface area contributed by atoms with Gasteiger partial charge >= 0.3 is 0 Å². The van der Waals surface area contributed by atoms with E-state index in [-0.39, 0.29) is 5.91 Å². The van der Waals surface area contributed by atoms with Crippen molar-refractivity contribution in [2.75, 3.05) is 18.4 Å². The third-order valence-electron chi connectivity index (χ3n) is 4.17. The fourth-order valence-electron chi connectivity index (χ4n) is 2.97. The zero-order chi connectivity index (χ0) is 16.9. The molecule has 0 aromatic carbocycles. The summed E-state index contributed by atoms with van der Waals surface area (Å²) >= 11 is 0. The van der Waals surface area contributed by atoms with Gasteiger partial charge in [-0.3, -0.25) is 9.78 Å². The third-order valence-corrected chi connectivity index (χ3v) is 4.17. The predicted molar refractivity (Wildman–Crippen MR) is 92.6 cm³/mol. The minimum atomic E-state index is -0.00654. The van der Waals surface area contributed by atoms with Gasteiger partial charge in [-0.05, 0) is 43.9 Å². The van der Waals surface area contributed by atoms with Gasteiger partial charge in [-0.25, -0.2) is 9.97 Å². The predicted octanol–water partition coefficient (Wildman–Crippen LogP) is 2.66. The molecule has 1 atom stereocenters. The Morgan fingerprint density at radius 2 is 2.25 bits per heavy atom. The molecule has 1 N–H and O–H groups in total. The zero-order valence-corrected chi connectivity index (χ0v) is 14.2. The minimum Gasteiger partial charge on any atom is -0.349 e. The molecule has 1 unspecified atom stereocenters. The van der Waals surface area contributed by atoms with Crippen LogP contribution in [0, 0.1) is 12.8 Å². The molecule has 126 valence electrons. The van der Waals surface area contributed by atoms with Crippen molar-refractivity contribution in [1.29, 1.82) is 0 Å². The second-order valence-corrected chi connectivity index (χ2v) is 6.39. The number of hydrogen-bond acceptors (Lipinski definition) is 5. The van der Waals surface area contributed by atoms with Gasteiger partial charge < -0.3 is 10.2 Å². The molecule has 3 heterocycles. The summed E-state index contributed by atoms with van der Waals surface area (Å²) in [6.07, 6.45) is 3.99. The molecule has 0 spiro atoms. The second kappa shape index (κ2) is 7.38. The van der Waals surface area contributed by atoms with Crippen LogP contribution < -0.4 is 5.32 Å². The number of aryl methyl sites for hydroxylation is 1. The van der Waals surface area contributed by atoms with Crippen LogP contribution in [-0.2, 0) is 6.54 Å². The molecule has 1 aliphatic heterocycles. The quantitative estimate of drug-likeness (QED) is 0.936. The van der Waals surface area contributed by atoms with Crippen LogP contribution >= 0.6 is 0 Å². The molecule has 6 heteroatoms. The van der Waals surface area contributed by atoms with Crippen LogP contribution in [-0.4, -0.2) is 38.8 Å². The van der Waals surface area contributed by atoms with Gasteiger partial charge in [0.1, 0.15) is 5.69 Å². The van der Waals surface area contributed by atoms with E-state index < -0.39 is 0 Å². The Morgan fingerprint density at radius 3 is 3.00 bits per heavy atom. The van der Waals surface area contributed by atoms with Crippen molar-refractivity contribution in [3.05, 3.63) is 47.5 Å². The number of hydrogen-bond donors (Lipinski definition) is 1. The number of anilines is 1. The van der Waals surface area contributed by atoms with Crippen LogP contribution in [0.5, 0.6) is 0 Å². The van der Waals surface area contributed by atoms with Gasteiger partial charge in [-0.15, -0.1) is 0 Å². The molecule has 6 nitrogen and oxygen atoms in total. The number of amides is 1. The molecule has 3 rings (SSSR count). The van der Waals surface area contributed by atoms with Gasteiger partial charge in [0, 0.05) is 25.0 Å². The molecule has 0 saturated carbocycles. The first-order chi connectivity index (χ1) is 11.6. The SMILES string of the molecule is Cc1cc(C(=O)N2CCCC(C)C2)nc(NCc2ccccn2)n1. The average Bonchev–Trinajstić information content (AvgIpc) is 2.60. The molecule has 2 aromatic rings. The van der Waals surface area contributed by atoms with Crippen LogP contribution in [0.2, 0.25) is 0 Å². The molecule has 2 aromatic heterocycles. The molecule has 0 aliphatic carbocycles. The smallest absolute Gasteiger partial charge is 0.272 e. The topological polar surface area (TPSA) is 71.0 Å². The van der Waals surface area contributed by atoms with Crippen molar-refractivity contribution in [2.45, 2.75) is 33.2 Å². The van der Waals surface area contributed by atoms with E-state index in [4.69, 9.17) is 0 Å². The highest BCUT2D eigenvalue weighted by atomic mass is 16.2. The number of nitrogens with one attached hydrogen (secondary N) is 1. The van der Waals surface area contributed by atoms with Crippen molar-refractivity contribution in [3.63, 3.8) is 0 Å². The second-order valence-electron chi connectivity index (χ2n) is 6.39. The van der Waals surface area contributed by atoms with Gasteiger partial charge in [-0.2, -0.15) is 0 Å². The largest absolute Gasteiger partial charge is 0.349 e. The van der Waals surface area contributed by atoms with Gasteiger partial charge in [0.15, 0.2) is 0 Å². The highest BCUT2D eigenvalue weighted by molar-refractivity contribution is 5.92. The molecule has 1 saturated heterocycles. The van der Waals surface area contributed by atoms with Gasteiger partial charge in [0.05, 0.1) is 12.2 Å². The summed E-state index contributed by atoms with van der Waals surface area (Å²) in [7, 11) is 0. The van der Waals surface area contributed by atoms with E-state index in [1.807, 2.05) is 30.0 Å². The zero-order valence-electron chi connectivity index (χ0n) is 14.2. The number of piperidine rings is 1. The molecule has 1 fully saturated rings. The monoisotopic (exact) mass is 325 g/mol. The van der Waals surface area contributed by atoms with Gasteiger partial charge in [0.25, 0.3) is 5.91 Å². The minimum absolute atomic E-state index is 0.00654. The number of carbonyl (C=O) groups is 1. The molecule has 24 heavy (non-hydrogen) atoms. The average molecular weight is 325 g/mol. The highest BCUT2D eigenvalue weighted by Gasteiger charge is 2.23. The van der Waals surface area contributed by atoms with Crippen molar-refractivity contribution in [3.8, 4) is 0 Å². The summed E-state index contributed by atoms with van der Waals surface area (Å²) in [6, 6.07) is 7.51. The maximum atomic E-state index is 12.7. The molecule has 1 amide bonds. The summed E-state index contributed by atoms with van der Waals surface area (Å²) in [6.45, 7) is 6.20. The Labute approximate surface area is 142 Å². The summed E-state index contributed by atoms with van der Waals surface area (Å²) in [4.78, 5) is 27.7. The van der Waals surface area contributed by atoms with E-state index in [2.05, 4.69) is 27.2 Å². The van der Waals surface area contributed by atoms with E-state index in [0.29, 0.717) is 24.1 Å². The molecule has 0 bridgehead atoms. The standard InChI is InChI=1S/C18H23N5O/c1-13-6-5-9-23(12-13)17(24)16-10-14(2)21-18(22-16)20-11-15-7-3-4-8-19-15/h3-4,7-8,10,13H,5-6,9,11-12H2,1-2H3,(H,20,21,22). The number of aromatic nitrogens is 3. The molecular formula is C18H23N5O. The van der Waals surface area contributed by atoms with Crippen molar-refractivity contribution >= 4 is 11.9 Å². The fourth-order valence-corrected chi connectivity index (χ4v) is 2.97. The van der Waals surface area contributed by atoms with Crippen LogP contribution in [0.1, 0.15) is 41.6 Å². The third kappa shape index (κ3) is 4.07. The number of rotatable bonds is 4. The van der Waals surface area contributed by atoms with E-state index in [9.17, 15) is 4.79 Å². The number of likely N-dealkylation sites (tertiary alicyclic amines) is 1. The Kier molecular flexibility index (Phi) is 5.03. The van der Waals surface area contributed by atoms with Crippen molar-refractivity contribution in [2.24, 2.45) is 5.92 Å². The number of carbonyl (C=O) groups excluding carboxylic acids is 1. The van der Waals surface area contributed by atoms with Crippen LogP contribution in [0.4, 0.5) is 5.95 Å². The summed E-state index contributed by atoms with van der Waals surface area (Å²) in [5.74, 6) is 1.01. The molecule has 1 aliphatic rings. The lowest BCUT2D eigenvalue weighted by Gasteiger charge is -2.30. The summed E-state index contributed by atoms with van der Waals surface area (Å²) < 4.78 is 0. The lowest BCUT2D eigenvalue weighted by molar-refractivity contribution is 0.0677.